The highest BCUT2D eigenvalue weighted by Crippen LogP contribution is 2.18. The number of tetrazole rings is 1. The highest BCUT2D eigenvalue weighted by atomic mass is 16.6. The second kappa shape index (κ2) is 6.87. The minimum atomic E-state index is -0.502. The SMILES string of the molecule is Cc1ccccc1-c1nnn(CC(=O)Nc2ccc([N+](=O)[O-])cc2)n1. The zero-order valence-corrected chi connectivity index (χ0v) is 13.3. The first kappa shape index (κ1) is 16.2. The van der Waals surface area contributed by atoms with Crippen LogP contribution >= 0.6 is 0 Å². The van der Waals surface area contributed by atoms with Crippen molar-refractivity contribution in [2.75, 3.05) is 5.32 Å². The van der Waals surface area contributed by atoms with E-state index in [-0.39, 0.29) is 18.1 Å². The highest BCUT2D eigenvalue weighted by molar-refractivity contribution is 5.90. The highest BCUT2D eigenvalue weighted by Gasteiger charge is 2.11. The molecule has 1 aromatic heterocycles. The lowest BCUT2D eigenvalue weighted by atomic mass is 10.1. The van der Waals surface area contributed by atoms with Crippen LogP contribution in [0.15, 0.2) is 48.5 Å². The average molecular weight is 338 g/mol. The summed E-state index contributed by atoms with van der Waals surface area (Å²) < 4.78 is 0. The molecule has 126 valence electrons. The minimum Gasteiger partial charge on any atom is -0.324 e. The van der Waals surface area contributed by atoms with E-state index in [1.54, 1.807) is 0 Å². The van der Waals surface area contributed by atoms with Gasteiger partial charge in [0.1, 0.15) is 6.54 Å². The number of hydrogen-bond donors (Lipinski definition) is 1. The molecule has 0 aliphatic carbocycles. The fourth-order valence-corrected chi connectivity index (χ4v) is 2.24. The van der Waals surface area contributed by atoms with Gasteiger partial charge in [0.05, 0.1) is 4.92 Å². The van der Waals surface area contributed by atoms with Crippen LogP contribution in [-0.4, -0.2) is 31.0 Å². The van der Waals surface area contributed by atoms with Gasteiger partial charge in [-0.2, -0.15) is 4.80 Å². The van der Waals surface area contributed by atoms with Crippen LogP contribution in [0.3, 0.4) is 0 Å². The molecule has 0 saturated heterocycles. The Kier molecular flexibility index (Phi) is 4.46. The van der Waals surface area contributed by atoms with E-state index in [2.05, 4.69) is 20.7 Å². The number of carbonyl (C=O) groups excluding carboxylic acids is 1. The lowest BCUT2D eigenvalue weighted by molar-refractivity contribution is -0.384. The van der Waals surface area contributed by atoms with Crippen molar-refractivity contribution >= 4 is 17.3 Å². The van der Waals surface area contributed by atoms with Gasteiger partial charge in [-0.3, -0.25) is 14.9 Å². The Labute approximate surface area is 142 Å². The van der Waals surface area contributed by atoms with Crippen LogP contribution < -0.4 is 5.32 Å². The van der Waals surface area contributed by atoms with Gasteiger partial charge >= 0.3 is 0 Å². The predicted octanol–water partition coefficient (Wildman–Crippen LogP) is 2.20. The number of hydrogen-bond acceptors (Lipinski definition) is 6. The largest absolute Gasteiger partial charge is 0.324 e. The van der Waals surface area contributed by atoms with Gasteiger partial charge in [-0.15, -0.1) is 10.2 Å². The summed E-state index contributed by atoms with van der Waals surface area (Å²) in [6.07, 6.45) is 0. The maximum absolute atomic E-state index is 12.0. The van der Waals surface area contributed by atoms with Crippen molar-refractivity contribution in [2.45, 2.75) is 13.5 Å². The Bertz CT molecular complexity index is 920. The summed E-state index contributed by atoms with van der Waals surface area (Å²) >= 11 is 0. The Balaban J connectivity index is 1.66. The third-order valence-corrected chi connectivity index (χ3v) is 3.49. The van der Waals surface area contributed by atoms with Crippen LogP contribution in [0.25, 0.3) is 11.4 Å². The monoisotopic (exact) mass is 338 g/mol. The molecule has 2 aromatic carbocycles. The molecule has 0 bridgehead atoms. The number of anilines is 1. The number of nitro groups is 1. The molecule has 0 aliphatic rings. The van der Waals surface area contributed by atoms with Crippen molar-refractivity contribution in [3.8, 4) is 11.4 Å². The molecule has 1 heterocycles. The van der Waals surface area contributed by atoms with Gasteiger partial charge in [0, 0.05) is 23.4 Å². The third kappa shape index (κ3) is 3.83. The number of rotatable bonds is 5. The number of benzene rings is 2. The Morgan fingerprint density at radius 1 is 1.20 bits per heavy atom. The average Bonchev–Trinajstić information content (AvgIpc) is 3.03. The molecule has 0 unspecified atom stereocenters. The second-order valence-electron chi connectivity index (χ2n) is 5.31. The molecular weight excluding hydrogens is 324 g/mol. The number of non-ortho nitro benzene ring substituents is 1. The summed E-state index contributed by atoms with van der Waals surface area (Å²) in [6, 6.07) is 13.2. The normalized spacial score (nSPS) is 10.4. The molecule has 0 saturated carbocycles. The van der Waals surface area contributed by atoms with Gasteiger partial charge in [-0.05, 0) is 29.8 Å². The van der Waals surface area contributed by atoms with Crippen molar-refractivity contribution < 1.29 is 9.72 Å². The van der Waals surface area contributed by atoms with E-state index in [4.69, 9.17) is 0 Å². The van der Waals surface area contributed by atoms with E-state index < -0.39 is 4.92 Å². The Hall–Kier alpha value is -3.62. The van der Waals surface area contributed by atoms with E-state index in [1.807, 2.05) is 31.2 Å². The fraction of sp³-hybridized carbons (Fsp3) is 0.125. The molecule has 9 heteroatoms. The Morgan fingerprint density at radius 2 is 1.92 bits per heavy atom. The van der Waals surface area contributed by atoms with Gasteiger partial charge in [0.15, 0.2) is 0 Å². The summed E-state index contributed by atoms with van der Waals surface area (Å²) in [5.41, 5.74) is 2.27. The van der Waals surface area contributed by atoms with Crippen LogP contribution in [0.5, 0.6) is 0 Å². The molecule has 25 heavy (non-hydrogen) atoms. The maximum atomic E-state index is 12.0. The van der Waals surface area contributed by atoms with E-state index in [0.717, 1.165) is 11.1 Å². The number of carbonyl (C=O) groups is 1. The lowest BCUT2D eigenvalue weighted by Crippen LogP contribution is -2.20. The molecule has 0 fully saturated rings. The summed E-state index contributed by atoms with van der Waals surface area (Å²) in [4.78, 5) is 23.3. The van der Waals surface area contributed by atoms with Crippen LogP contribution in [0.2, 0.25) is 0 Å². The van der Waals surface area contributed by atoms with E-state index in [1.165, 1.54) is 29.1 Å². The summed E-state index contributed by atoms with van der Waals surface area (Å²) in [5.74, 6) is 0.0869. The van der Waals surface area contributed by atoms with Crippen molar-refractivity contribution in [2.24, 2.45) is 0 Å². The first-order valence-electron chi connectivity index (χ1n) is 7.41. The first-order chi connectivity index (χ1) is 12.0. The molecule has 3 aromatic rings. The zero-order chi connectivity index (χ0) is 17.8. The number of amides is 1. The standard InChI is InChI=1S/C16H14N6O3/c1-11-4-2-3-5-14(11)16-18-20-21(19-16)10-15(23)17-12-6-8-13(9-7-12)22(24)25/h2-9H,10H2,1H3,(H,17,23). The molecule has 0 atom stereocenters. The number of nitro benzene ring substituents is 1. The van der Waals surface area contributed by atoms with Crippen molar-refractivity contribution in [1.82, 2.24) is 20.2 Å². The minimum absolute atomic E-state index is 0.0428. The number of nitrogens with one attached hydrogen (secondary N) is 1. The molecular formula is C16H14N6O3. The van der Waals surface area contributed by atoms with Crippen LogP contribution in [-0.2, 0) is 11.3 Å². The van der Waals surface area contributed by atoms with Gasteiger partial charge in [0.2, 0.25) is 11.7 Å². The molecule has 9 nitrogen and oxygen atoms in total. The van der Waals surface area contributed by atoms with Crippen LogP contribution in [0.1, 0.15) is 5.56 Å². The molecule has 0 aliphatic heterocycles. The maximum Gasteiger partial charge on any atom is 0.269 e. The second-order valence-corrected chi connectivity index (χ2v) is 5.31. The smallest absolute Gasteiger partial charge is 0.269 e. The predicted molar refractivity (Wildman–Crippen MR) is 89.7 cm³/mol. The number of aryl methyl sites for hydroxylation is 1. The van der Waals surface area contributed by atoms with Crippen molar-refractivity contribution in [1.29, 1.82) is 0 Å². The summed E-state index contributed by atoms with van der Waals surface area (Å²) in [5, 5.41) is 25.3. The lowest BCUT2D eigenvalue weighted by Gasteiger charge is -2.04. The molecule has 3 rings (SSSR count). The van der Waals surface area contributed by atoms with E-state index in [0.29, 0.717) is 11.5 Å². The van der Waals surface area contributed by atoms with Gasteiger partial charge in [0.25, 0.3) is 5.69 Å². The topological polar surface area (TPSA) is 116 Å². The van der Waals surface area contributed by atoms with E-state index >= 15 is 0 Å². The first-order valence-corrected chi connectivity index (χ1v) is 7.41. The summed E-state index contributed by atoms with van der Waals surface area (Å²) in [7, 11) is 0. The van der Waals surface area contributed by atoms with Crippen LogP contribution in [0, 0.1) is 17.0 Å². The molecule has 1 amide bonds. The van der Waals surface area contributed by atoms with Gasteiger partial charge < -0.3 is 5.32 Å². The Morgan fingerprint density at radius 3 is 2.60 bits per heavy atom. The molecule has 0 spiro atoms. The third-order valence-electron chi connectivity index (χ3n) is 3.49. The molecule has 0 radical (unpaired) electrons. The van der Waals surface area contributed by atoms with E-state index in [9.17, 15) is 14.9 Å². The van der Waals surface area contributed by atoms with Crippen molar-refractivity contribution in [3.63, 3.8) is 0 Å². The number of aromatic nitrogens is 4. The fourth-order valence-electron chi connectivity index (χ4n) is 2.24. The molecule has 1 N–H and O–H groups in total. The summed E-state index contributed by atoms with van der Waals surface area (Å²) in [6.45, 7) is 1.83. The quantitative estimate of drug-likeness (QED) is 0.563. The van der Waals surface area contributed by atoms with Gasteiger partial charge in [-0.25, -0.2) is 0 Å². The van der Waals surface area contributed by atoms with Gasteiger partial charge in [-0.1, -0.05) is 24.3 Å². The van der Waals surface area contributed by atoms with Crippen LogP contribution in [0.4, 0.5) is 11.4 Å². The number of nitrogens with zero attached hydrogens (tertiary/aromatic N) is 5. The van der Waals surface area contributed by atoms with Crippen molar-refractivity contribution in [3.05, 3.63) is 64.2 Å². The zero-order valence-electron chi connectivity index (χ0n) is 13.3.